The fourth-order valence-corrected chi connectivity index (χ4v) is 2.83. The molecule has 17 heavy (non-hydrogen) atoms. The maximum Gasteiger partial charge on any atom is 0.0401 e. The lowest BCUT2D eigenvalue weighted by molar-refractivity contribution is 0.315. The molecule has 0 spiro atoms. The number of rotatable bonds is 2. The Balaban J connectivity index is 2.27. The van der Waals surface area contributed by atoms with Gasteiger partial charge in [-0.05, 0) is 37.3 Å². The summed E-state index contributed by atoms with van der Waals surface area (Å²) in [6.07, 6.45) is 2.20. The SMILES string of the molecule is CCc1ccccc1N1CCC(N)C(C)C1C. The van der Waals surface area contributed by atoms with Crippen molar-refractivity contribution in [3.63, 3.8) is 0 Å². The van der Waals surface area contributed by atoms with Crippen LogP contribution in [0.4, 0.5) is 5.69 Å². The van der Waals surface area contributed by atoms with Gasteiger partial charge in [0.15, 0.2) is 0 Å². The largest absolute Gasteiger partial charge is 0.368 e. The number of benzene rings is 1. The molecule has 94 valence electrons. The van der Waals surface area contributed by atoms with Crippen LogP contribution in [0, 0.1) is 5.92 Å². The number of nitrogens with zero attached hydrogens (tertiary/aromatic N) is 1. The van der Waals surface area contributed by atoms with Crippen molar-refractivity contribution in [2.75, 3.05) is 11.4 Å². The van der Waals surface area contributed by atoms with Crippen molar-refractivity contribution in [2.45, 2.75) is 45.7 Å². The van der Waals surface area contributed by atoms with E-state index in [4.69, 9.17) is 5.73 Å². The van der Waals surface area contributed by atoms with Gasteiger partial charge < -0.3 is 10.6 Å². The van der Waals surface area contributed by atoms with Gasteiger partial charge in [-0.1, -0.05) is 32.0 Å². The van der Waals surface area contributed by atoms with Crippen LogP contribution in [0.5, 0.6) is 0 Å². The Hall–Kier alpha value is -1.02. The first kappa shape index (κ1) is 12.4. The summed E-state index contributed by atoms with van der Waals surface area (Å²) in [4.78, 5) is 2.53. The Morgan fingerprint density at radius 3 is 2.71 bits per heavy atom. The van der Waals surface area contributed by atoms with Gasteiger partial charge in [-0.3, -0.25) is 0 Å². The molecule has 0 radical (unpaired) electrons. The second kappa shape index (κ2) is 5.09. The number of hydrogen-bond donors (Lipinski definition) is 1. The van der Waals surface area contributed by atoms with Crippen LogP contribution in [0.2, 0.25) is 0 Å². The van der Waals surface area contributed by atoms with Crippen LogP contribution in [0.1, 0.15) is 32.8 Å². The normalized spacial score (nSPS) is 29.4. The first-order chi connectivity index (χ1) is 8.15. The molecule has 1 aromatic rings. The second-order valence-electron chi connectivity index (χ2n) is 5.23. The van der Waals surface area contributed by atoms with Gasteiger partial charge in [0, 0.05) is 24.3 Å². The molecule has 0 bridgehead atoms. The van der Waals surface area contributed by atoms with E-state index in [-0.39, 0.29) is 0 Å². The minimum atomic E-state index is 0.357. The molecule has 1 fully saturated rings. The summed E-state index contributed by atoms with van der Waals surface area (Å²) in [7, 11) is 0. The molecule has 2 rings (SSSR count). The fourth-order valence-electron chi connectivity index (χ4n) is 2.83. The van der Waals surface area contributed by atoms with E-state index < -0.39 is 0 Å². The van der Waals surface area contributed by atoms with Crippen LogP contribution in [-0.4, -0.2) is 18.6 Å². The van der Waals surface area contributed by atoms with Crippen LogP contribution in [-0.2, 0) is 6.42 Å². The lowest BCUT2D eigenvalue weighted by atomic mass is 9.87. The second-order valence-corrected chi connectivity index (χ2v) is 5.23. The van der Waals surface area contributed by atoms with Crippen molar-refractivity contribution >= 4 is 5.69 Å². The zero-order valence-electron chi connectivity index (χ0n) is 11.2. The molecule has 3 unspecified atom stereocenters. The molecule has 0 saturated carbocycles. The molecule has 0 aromatic heterocycles. The molecule has 0 amide bonds. The standard InChI is InChI=1S/C15H24N2/c1-4-13-7-5-6-8-15(13)17-10-9-14(16)11(2)12(17)3/h5-8,11-12,14H,4,9-10,16H2,1-3H3. The van der Waals surface area contributed by atoms with E-state index in [9.17, 15) is 0 Å². The third kappa shape index (κ3) is 2.32. The topological polar surface area (TPSA) is 29.3 Å². The Bertz CT molecular complexity index is 375. The van der Waals surface area contributed by atoms with Crippen molar-refractivity contribution in [3.8, 4) is 0 Å². The Labute approximate surface area is 105 Å². The maximum atomic E-state index is 6.15. The minimum absolute atomic E-state index is 0.357. The van der Waals surface area contributed by atoms with E-state index in [0.717, 1.165) is 19.4 Å². The summed E-state index contributed by atoms with van der Waals surface area (Å²) in [6, 6.07) is 9.65. The van der Waals surface area contributed by atoms with Gasteiger partial charge in [-0.2, -0.15) is 0 Å². The van der Waals surface area contributed by atoms with Gasteiger partial charge in [0.05, 0.1) is 0 Å². The zero-order chi connectivity index (χ0) is 12.4. The van der Waals surface area contributed by atoms with Crippen LogP contribution in [0.25, 0.3) is 0 Å². The van der Waals surface area contributed by atoms with E-state index in [1.807, 2.05) is 0 Å². The quantitative estimate of drug-likeness (QED) is 0.849. The van der Waals surface area contributed by atoms with Gasteiger partial charge in [0.25, 0.3) is 0 Å². The summed E-state index contributed by atoms with van der Waals surface area (Å²) in [5, 5.41) is 0. The van der Waals surface area contributed by atoms with Crippen molar-refractivity contribution < 1.29 is 0 Å². The monoisotopic (exact) mass is 232 g/mol. The Kier molecular flexibility index (Phi) is 3.72. The molecule has 1 aliphatic rings. The van der Waals surface area contributed by atoms with E-state index >= 15 is 0 Å². The molecule has 2 nitrogen and oxygen atoms in total. The third-order valence-corrected chi connectivity index (χ3v) is 4.31. The first-order valence-corrected chi connectivity index (χ1v) is 6.75. The first-order valence-electron chi connectivity index (χ1n) is 6.75. The molecular formula is C15H24N2. The van der Waals surface area contributed by atoms with Crippen molar-refractivity contribution in [1.82, 2.24) is 0 Å². The van der Waals surface area contributed by atoms with Crippen LogP contribution >= 0.6 is 0 Å². The summed E-state index contributed by atoms with van der Waals surface area (Å²) in [5.74, 6) is 0.564. The van der Waals surface area contributed by atoms with Gasteiger partial charge in [0.2, 0.25) is 0 Å². The highest BCUT2D eigenvalue weighted by atomic mass is 15.2. The van der Waals surface area contributed by atoms with E-state index in [1.165, 1.54) is 11.3 Å². The van der Waals surface area contributed by atoms with Gasteiger partial charge in [0.1, 0.15) is 0 Å². The van der Waals surface area contributed by atoms with Crippen LogP contribution in [0.15, 0.2) is 24.3 Å². The zero-order valence-corrected chi connectivity index (χ0v) is 11.2. The van der Waals surface area contributed by atoms with E-state index in [0.29, 0.717) is 18.0 Å². The molecule has 1 heterocycles. The third-order valence-electron chi connectivity index (χ3n) is 4.31. The summed E-state index contributed by atoms with van der Waals surface area (Å²) in [6.45, 7) is 7.89. The number of piperidine rings is 1. The number of anilines is 1. The van der Waals surface area contributed by atoms with Crippen molar-refractivity contribution in [3.05, 3.63) is 29.8 Å². The Morgan fingerprint density at radius 2 is 2.00 bits per heavy atom. The predicted octanol–water partition coefficient (Wildman–Crippen LogP) is 2.81. The minimum Gasteiger partial charge on any atom is -0.368 e. The van der Waals surface area contributed by atoms with Crippen LogP contribution in [0.3, 0.4) is 0 Å². The summed E-state index contributed by atoms with van der Waals surface area (Å²) in [5.41, 5.74) is 9.00. The Morgan fingerprint density at radius 1 is 1.29 bits per heavy atom. The predicted molar refractivity (Wildman–Crippen MR) is 74.4 cm³/mol. The molecular weight excluding hydrogens is 208 g/mol. The number of aryl methyl sites for hydroxylation is 1. The molecule has 1 aliphatic heterocycles. The average molecular weight is 232 g/mol. The highest BCUT2D eigenvalue weighted by Gasteiger charge is 2.30. The van der Waals surface area contributed by atoms with Gasteiger partial charge >= 0.3 is 0 Å². The molecule has 1 aromatic carbocycles. The average Bonchev–Trinajstić information content (AvgIpc) is 2.36. The van der Waals surface area contributed by atoms with E-state index in [2.05, 4.69) is 49.9 Å². The fraction of sp³-hybridized carbons (Fsp3) is 0.600. The molecule has 1 saturated heterocycles. The van der Waals surface area contributed by atoms with E-state index in [1.54, 1.807) is 0 Å². The van der Waals surface area contributed by atoms with Crippen molar-refractivity contribution in [1.29, 1.82) is 0 Å². The van der Waals surface area contributed by atoms with Crippen LogP contribution < -0.4 is 10.6 Å². The highest BCUT2D eigenvalue weighted by Crippen LogP contribution is 2.30. The molecule has 2 N–H and O–H groups in total. The van der Waals surface area contributed by atoms with Crippen molar-refractivity contribution in [2.24, 2.45) is 11.7 Å². The molecule has 2 heteroatoms. The van der Waals surface area contributed by atoms with Gasteiger partial charge in [-0.15, -0.1) is 0 Å². The molecule has 0 aliphatic carbocycles. The maximum absolute atomic E-state index is 6.15. The number of hydrogen-bond acceptors (Lipinski definition) is 2. The number of para-hydroxylation sites is 1. The number of nitrogens with two attached hydrogens (primary N) is 1. The molecule has 3 atom stereocenters. The summed E-state index contributed by atoms with van der Waals surface area (Å²) >= 11 is 0. The summed E-state index contributed by atoms with van der Waals surface area (Å²) < 4.78 is 0. The lowest BCUT2D eigenvalue weighted by Crippen LogP contribution is -2.52. The lowest BCUT2D eigenvalue weighted by Gasteiger charge is -2.43. The smallest absolute Gasteiger partial charge is 0.0401 e. The highest BCUT2D eigenvalue weighted by molar-refractivity contribution is 5.55. The van der Waals surface area contributed by atoms with Gasteiger partial charge in [-0.25, -0.2) is 0 Å².